The Labute approximate surface area is 152 Å². The van der Waals surface area contributed by atoms with E-state index in [9.17, 15) is 4.79 Å². The van der Waals surface area contributed by atoms with Crippen LogP contribution < -0.4 is 15.4 Å². The van der Waals surface area contributed by atoms with Gasteiger partial charge in [-0.1, -0.05) is 18.2 Å². The molecule has 0 spiro atoms. The molecule has 1 aliphatic heterocycles. The minimum atomic E-state index is 0. The van der Waals surface area contributed by atoms with E-state index in [1.54, 1.807) is 7.11 Å². The van der Waals surface area contributed by atoms with Crippen molar-refractivity contribution in [2.24, 2.45) is 5.92 Å². The highest BCUT2D eigenvalue weighted by atomic mass is 35.5. The summed E-state index contributed by atoms with van der Waals surface area (Å²) in [6, 6.07) is 11.7. The predicted molar refractivity (Wildman–Crippen MR) is 102 cm³/mol. The van der Waals surface area contributed by atoms with Crippen LogP contribution in [0.15, 0.2) is 40.8 Å². The lowest BCUT2D eigenvalue weighted by Crippen LogP contribution is -2.18. The van der Waals surface area contributed by atoms with Gasteiger partial charge >= 0.3 is 0 Å². The molecular formula is C19H21ClN2O3. The molecule has 1 atom stereocenters. The molecule has 1 unspecified atom stereocenters. The lowest BCUT2D eigenvalue weighted by atomic mass is 10.0. The van der Waals surface area contributed by atoms with Crippen molar-refractivity contribution in [1.29, 1.82) is 0 Å². The fourth-order valence-corrected chi connectivity index (χ4v) is 3.37. The fourth-order valence-electron chi connectivity index (χ4n) is 3.37. The van der Waals surface area contributed by atoms with Crippen molar-refractivity contribution in [1.82, 2.24) is 5.32 Å². The molecule has 132 valence electrons. The van der Waals surface area contributed by atoms with E-state index in [1.807, 2.05) is 36.4 Å². The first kappa shape index (κ1) is 17.6. The number of carbonyl (C=O) groups is 1. The van der Waals surface area contributed by atoms with Crippen LogP contribution in [0.25, 0.3) is 21.9 Å². The van der Waals surface area contributed by atoms with Crippen molar-refractivity contribution in [3.05, 3.63) is 36.4 Å². The summed E-state index contributed by atoms with van der Waals surface area (Å²) in [6.45, 7) is 1.90. The number of halogens is 1. The minimum Gasteiger partial charge on any atom is -0.495 e. The molecule has 3 aromatic rings. The molecule has 1 amide bonds. The van der Waals surface area contributed by atoms with Gasteiger partial charge in [0.05, 0.1) is 12.8 Å². The van der Waals surface area contributed by atoms with E-state index in [2.05, 4.69) is 10.6 Å². The number of furan rings is 1. The van der Waals surface area contributed by atoms with E-state index in [0.29, 0.717) is 23.8 Å². The number of rotatable bonds is 4. The van der Waals surface area contributed by atoms with Gasteiger partial charge in [-0.05, 0) is 37.6 Å². The smallest absolute Gasteiger partial charge is 0.224 e. The molecule has 0 radical (unpaired) electrons. The number of methoxy groups -OCH3 is 1. The number of carbonyl (C=O) groups excluding carboxylic acids is 1. The number of para-hydroxylation sites is 1. The van der Waals surface area contributed by atoms with Crippen LogP contribution in [0.2, 0.25) is 0 Å². The van der Waals surface area contributed by atoms with Gasteiger partial charge in [0.15, 0.2) is 0 Å². The number of hydrogen-bond donors (Lipinski definition) is 2. The first-order valence-electron chi connectivity index (χ1n) is 8.24. The number of amides is 1. The summed E-state index contributed by atoms with van der Waals surface area (Å²) < 4.78 is 11.4. The van der Waals surface area contributed by atoms with Crippen LogP contribution in [-0.2, 0) is 4.79 Å². The maximum absolute atomic E-state index is 12.3. The quantitative estimate of drug-likeness (QED) is 0.739. The van der Waals surface area contributed by atoms with Gasteiger partial charge in [0.1, 0.15) is 16.9 Å². The lowest BCUT2D eigenvalue weighted by molar-refractivity contribution is -0.117. The molecule has 1 aromatic heterocycles. The summed E-state index contributed by atoms with van der Waals surface area (Å²) >= 11 is 0. The zero-order valence-corrected chi connectivity index (χ0v) is 14.8. The third kappa shape index (κ3) is 3.43. The number of nitrogens with one attached hydrogen (secondary N) is 2. The first-order chi connectivity index (χ1) is 11.7. The zero-order valence-electron chi connectivity index (χ0n) is 14.0. The summed E-state index contributed by atoms with van der Waals surface area (Å²) in [4.78, 5) is 12.3. The Morgan fingerprint density at radius 1 is 1.28 bits per heavy atom. The fraction of sp³-hybridized carbons (Fsp3) is 0.316. The summed E-state index contributed by atoms with van der Waals surface area (Å²) in [7, 11) is 1.61. The molecule has 25 heavy (non-hydrogen) atoms. The van der Waals surface area contributed by atoms with Gasteiger partial charge in [0, 0.05) is 23.3 Å². The third-order valence-electron chi connectivity index (χ3n) is 4.61. The molecule has 2 N–H and O–H groups in total. The number of hydrogen-bond acceptors (Lipinski definition) is 4. The van der Waals surface area contributed by atoms with E-state index in [0.717, 1.165) is 41.4 Å². The lowest BCUT2D eigenvalue weighted by Gasteiger charge is -2.12. The second-order valence-corrected chi connectivity index (χ2v) is 6.26. The van der Waals surface area contributed by atoms with Gasteiger partial charge in [-0.2, -0.15) is 0 Å². The SMILES string of the molecule is COc1cc2c(cc1NC(=O)CC1CCNC1)oc1ccccc12.Cl. The Morgan fingerprint density at radius 3 is 2.88 bits per heavy atom. The van der Waals surface area contributed by atoms with Crippen LogP contribution >= 0.6 is 12.4 Å². The Morgan fingerprint density at radius 2 is 2.12 bits per heavy atom. The summed E-state index contributed by atoms with van der Waals surface area (Å²) in [5, 5.41) is 8.29. The maximum Gasteiger partial charge on any atom is 0.224 e. The Balaban J connectivity index is 0.00000182. The average Bonchev–Trinajstić information content (AvgIpc) is 3.20. The molecule has 4 rings (SSSR count). The Kier molecular flexibility index (Phi) is 5.16. The highest BCUT2D eigenvalue weighted by Crippen LogP contribution is 2.36. The van der Waals surface area contributed by atoms with Gasteiger partial charge in [-0.15, -0.1) is 12.4 Å². The van der Waals surface area contributed by atoms with Crippen molar-refractivity contribution >= 4 is 45.9 Å². The van der Waals surface area contributed by atoms with Crippen molar-refractivity contribution in [2.45, 2.75) is 12.8 Å². The average molecular weight is 361 g/mol. The van der Waals surface area contributed by atoms with E-state index in [-0.39, 0.29) is 18.3 Å². The van der Waals surface area contributed by atoms with Crippen molar-refractivity contribution < 1.29 is 13.9 Å². The predicted octanol–water partition coefficient (Wildman–Crippen LogP) is 3.95. The van der Waals surface area contributed by atoms with Gasteiger partial charge in [0.25, 0.3) is 0 Å². The van der Waals surface area contributed by atoms with Crippen molar-refractivity contribution in [3.8, 4) is 5.75 Å². The van der Waals surface area contributed by atoms with Crippen LogP contribution in [0.5, 0.6) is 5.75 Å². The number of benzene rings is 2. The number of ether oxygens (including phenoxy) is 1. The molecule has 6 heteroatoms. The second-order valence-electron chi connectivity index (χ2n) is 6.26. The molecule has 1 aliphatic rings. The highest BCUT2D eigenvalue weighted by Gasteiger charge is 2.19. The molecule has 1 fully saturated rings. The summed E-state index contributed by atoms with van der Waals surface area (Å²) in [5.41, 5.74) is 2.23. The van der Waals surface area contributed by atoms with Crippen LogP contribution in [0.4, 0.5) is 5.69 Å². The van der Waals surface area contributed by atoms with E-state index in [1.165, 1.54) is 0 Å². The van der Waals surface area contributed by atoms with Crippen LogP contribution in [0.1, 0.15) is 12.8 Å². The topological polar surface area (TPSA) is 63.5 Å². The molecule has 2 heterocycles. The highest BCUT2D eigenvalue weighted by molar-refractivity contribution is 6.07. The molecule has 0 saturated carbocycles. The molecule has 0 bridgehead atoms. The van der Waals surface area contributed by atoms with Crippen LogP contribution in [0, 0.1) is 5.92 Å². The molecule has 1 saturated heterocycles. The van der Waals surface area contributed by atoms with Crippen LogP contribution in [-0.4, -0.2) is 26.1 Å². The van der Waals surface area contributed by atoms with Gasteiger partial charge in [0.2, 0.25) is 5.91 Å². The van der Waals surface area contributed by atoms with Crippen molar-refractivity contribution in [3.63, 3.8) is 0 Å². The van der Waals surface area contributed by atoms with Gasteiger partial charge in [-0.25, -0.2) is 0 Å². The summed E-state index contributed by atoms with van der Waals surface area (Å²) in [5.74, 6) is 1.07. The standard InChI is InChI=1S/C19H20N2O3.ClH/c1-23-18-9-14-13-4-2-3-5-16(13)24-17(14)10-15(18)21-19(22)8-12-6-7-20-11-12;/h2-5,9-10,12,20H,6-8,11H2,1H3,(H,21,22);1H. The monoisotopic (exact) mass is 360 g/mol. The Bertz CT molecular complexity index is 900. The van der Waals surface area contributed by atoms with E-state index < -0.39 is 0 Å². The number of fused-ring (bicyclic) bond motifs is 3. The van der Waals surface area contributed by atoms with E-state index >= 15 is 0 Å². The van der Waals surface area contributed by atoms with Crippen molar-refractivity contribution in [2.75, 3.05) is 25.5 Å². The second kappa shape index (κ2) is 7.33. The molecular weight excluding hydrogens is 340 g/mol. The molecule has 2 aromatic carbocycles. The first-order valence-corrected chi connectivity index (χ1v) is 8.24. The Hall–Kier alpha value is -2.24. The number of anilines is 1. The summed E-state index contributed by atoms with van der Waals surface area (Å²) in [6.07, 6.45) is 1.57. The maximum atomic E-state index is 12.3. The van der Waals surface area contributed by atoms with Gasteiger partial charge in [-0.3, -0.25) is 4.79 Å². The van der Waals surface area contributed by atoms with Crippen LogP contribution in [0.3, 0.4) is 0 Å². The molecule has 0 aliphatic carbocycles. The molecule has 5 nitrogen and oxygen atoms in total. The minimum absolute atomic E-state index is 0. The van der Waals surface area contributed by atoms with E-state index in [4.69, 9.17) is 9.15 Å². The largest absolute Gasteiger partial charge is 0.495 e. The van der Waals surface area contributed by atoms with Gasteiger partial charge < -0.3 is 19.8 Å². The normalized spacial score (nSPS) is 16.8. The third-order valence-corrected chi connectivity index (χ3v) is 4.61. The zero-order chi connectivity index (χ0) is 16.5.